The second-order valence-electron chi connectivity index (χ2n) is 6.09. The van der Waals surface area contributed by atoms with Gasteiger partial charge in [0.1, 0.15) is 5.82 Å². The third kappa shape index (κ3) is 2.96. The predicted molar refractivity (Wildman–Crippen MR) is 101 cm³/mol. The van der Waals surface area contributed by atoms with Crippen LogP contribution in [0.25, 0.3) is 10.8 Å². The normalized spacial score (nSPS) is 14.5. The van der Waals surface area contributed by atoms with E-state index in [-0.39, 0.29) is 0 Å². The van der Waals surface area contributed by atoms with Crippen LogP contribution in [0.2, 0.25) is 0 Å². The molecule has 3 heterocycles. The van der Waals surface area contributed by atoms with Gasteiger partial charge in [-0.2, -0.15) is 0 Å². The van der Waals surface area contributed by atoms with Gasteiger partial charge in [0.25, 0.3) is 0 Å². The molecule has 1 aliphatic rings. The summed E-state index contributed by atoms with van der Waals surface area (Å²) in [6.45, 7) is 3.43. The molecule has 0 spiro atoms. The molecule has 0 atom stereocenters. The van der Waals surface area contributed by atoms with Crippen LogP contribution in [0.5, 0.6) is 11.5 Å². The number of fused-ring (bicyclic) bond motifs is 1. The van der Waals surface area contributed by atoms with E-state index >= 15 is 0 Å². The summed E-state index contributed by atoms with van der Waals surface area (Å²) in [6, 6.07) is 7.83. The molecule has 0 saturated carbocycles. The molecule has 3 aromatic rings. The lowest BCUT2D eigenvalue weighted by Gasteiger charge is -2.35. The Bertz CT molecular complexity index is 895. The van der Waals surface area contributed by atoms with Gasteiger partial charge in [-0.1, -0.05) is 0 Å². The summed E-state index contributed by atoms with van der Waals surface area (Å²) in [4.78, 5) is 17.8. The molecule has 134 valence electrons. The average molecular weight is 351 g/mol. The van der Waals surface area contributed by atoms with Crippen LogP contribution in [0.15, 0.2) is 42.9 Å². The average Bonchev–Trinajstić information content (AvgIpc) is 2.73. The first-order valence-corrected chi connectivity index (χ1v) is 8.58. The molecule has 0 bridgehead atoms. The fourth-order valence-electron chi connectivity index (χ4n) is 3.31. The van der Waals surface area contributed by atoms with Gasteiger partial charge in [-0.25, -0.2) is 15.0 Å². The summed E-state index contributed by atoms with van der Waals surface area (Å²) in [5, 5.41) is 2.15. The molecule has 1 fully saturated rings. The van der Waals surface area contributed by atoms with Crippen molar-refractivity contribution < 1.29 is 9.47 Å². The molecular formula is C19H21N5O2. The number of benzene rings is 1. The standard InChI is InChI=1S/C19H21N5O2/c1-25-16-12-14-4-7-20-18(15(14)13-17(16)26-2)23-8-10-24(11-9-23)19-21-5-3-6-22-19/h3-7,12-13H,8-11H2,1-2H3. The smallest absolute Gasteiger partial charge is 0.225 e. The van der Waals surface area contributed by atoms with E-state index in [0.717, 1.165) is 54.5 Å². The van der Waals surface area contributed by atoms with Crippen molar-refractivity contribution >= 4 is 22.5 Å². The zero-order valence-corrected chi connectivity index (χ0v) is 14.9. The summed E-state index contributed by atoms with van der Waals surface area (Å²) in [5.74, 6) is 3.19. The SMILES string of the molecule is COc1cc2ccnc(N3CCN(c4ncccn4)CC3)c2cc1OC. The highest BCUT2D eigenvalue weighted by molar-refractivity contribution is 5.94. The van der Waals surface area contributed by atoms with E-state index in [9.17, 15) is 0 Å². The first kappa shape index (κ1) is 16.4. The molecule has 4 rings (SSSR count). The zero-order valence-electron chi connectivity index (χ0n) is 14.9. The van der Waals surface area contributed by atoms with Crippen LogP contribution in [0.1, 0.15) is 0 Å². The minimum absolute atomic E-state index is 0.713. The van der Waals surface area contributed by atoms with E-state index in [2.05, 4.69) is 24.8 Å². The highest BCUT2D eigenvalue weighted by atomic mass is 16.5. The Morgan fingerprint density at radius 3 is 2.15 bits per heavy atom. The molecule has 0 unspecified atom stereocenters. The number of methoxy groups -OCH3 is 2. The van der Waals surface area contributed by atoms with Gasteiger partial charge < -0.3 is 19.3 Å². The Morgan fingerprint density at radius 1 is 0.808 bits per heavy atom. The Kier molecular flexibility index (Phi) is 4.43. The lowest BCUT2D eigenvalue weighted by Crippen LogP contribution is -2.47. The van der Waals surface area contributed by atoms with Crippen molar-refractivity contribution in [3.63, 3.8) is 0 Å². The van der Waals surface area contributed by atoms with Gasteiger partial charge in [0.15, 0.2) is 11.5 Å². The molecule has 0 aliphatic carbocycles. The molecule has 0 amide bonds. The van der Waals surface area contributed by atoms with Crippen LogP contribution in [0.4, 0.5) is 11.8 Å². The highest BCUT2D eigenvalue weighted by Gasteiger charge is 2.21. The first-order chi connectivity index (χ1) is 12.8. The second kappa shape index (κ2) is 7.03. The Hall–Kier alpha value is -3.09. The molecular weight excluding hydrogens is 330 g/mol. The van der Waals surface area contributed by atoms with Gasteiger partial charge in [-0.15, -0.1) is 0 Å². The van der Waals surface area contributed by atoms with E-state index in [4.69, 9.17) is 9.47 Å². The fourth-order valence-corrected chi connectivity index (χ4v) is 3.31. The van der Waals surface area contributed by atoms with E-state index in [1.165, 1.54) is 0 Å². The highest BCUT2D eigenvalue weighted by Crippen LogP contribution is 2.35. The van der Waals surface area contributed by atoms with Crippen LogP contribution in [-0.2, 0) is 0 Å². The van der Waals surface area contributed by atoms with Crippen LogP contribution < -0.4 is 19.3 Å². The second-order valence-corrected chi connectivity index (χ2v) is 6.09. The Morgan fingerprint density at radius 2 is 1.46 bits per heavy atom. The number of hydrogen-bond acceptors (Lipinski definition) is 7. The minimum Gasteiger partial charge on any atom is -0.493 e. The summed E-state index contributed by atoms with van der Waals surface area (Å²) in [7, 11) is 3.30. The summed E-state index contributed by atoms with van der Waals surface area (Å²) >= 11 is 0. The van der Waals surface area contributed by atoms with Crippen LogP contribution in [0.3, 0.4) is 0 Å². The van der Waals surface area contributed by atoms with Crippen molar-refractivity contribution in [3.8, 4) is 11.5 Å². The number of piperazine rings is 1. The maximum atomic E-state index is 5.47. The first-order valence-electron chi connectivity index (χ1n) is 8.58. The number of hydrogen-bond donors (Lipinski definition) is 0. The number of ether oxygens (including phenoxy) is 2. The molecule has 0 N–H and O–H groups in total. The molecule has 1 aromatic carbocycles. The number of pyridine rings is 1. The van der Waals surface area contributed by atoms with Gasteiger partial charge in [-0.05, 0) is 29.7 Å². The van der Waals surface area contributed by atoms with Crippen LogP contribution in [0, 0.1) is 0 Å². The predicted octanol–water partition coefficient (Wildman–Crippen LogP) is 2.37. The fraction of sp³-hybridized carbons (Fsp3) is 0.316. The summed E-state index contributed by atoms with van der Waals surface area (Å²) in [5.41, 5.74) is 0. The molecule has 7 heteroatoms. The number of nitrogens with zero attached hydrogens (tertiary/aromatic N) is 5. The number of aromatic nitrogens is 3. The van der Waals surface area contributed by atoms with Crippen molar-refractivity contribution in [1.82, 2.24) is 15.0 Å². The molecule has 0 radical (unpaired) electrons. The van der Waals surface area contributed by atoms with Crippen molar-refractivity contribution in [2.45, 2.75) is 0 Å². The number of rotatable bonds is 4. The van der Waals surface area contributed by atoms with E-state index < -0.39 is 0 Å². The quantitative estimate of drug-likeness (QED) is 0.715. The van der Waals surface area contributed by atoms with E-state index in [1.807, 2.05) is 30.5 Å². The lowest BCUT2D eigenvalue weighted by molar-refractivity contribution is 0.356. The Labute approximate surface area is 152 Å². The number of anilines is 2. The third-order valence-corrected chi connectivity index (χ3v) is 4.66. The monoisotopic (exact) mass is 351 g/mol. The van der Waals surface area contributed by atoms with Crippen molar-refractivity contribution in [3.05, 3.63) is 42.9 Å². The lowest BCUT2D eigenvalue weighted by atomic mass is 10.1. The molecule has 1 aliphatic heterocycles. The zero-order chi connectivity index (χ0) is 17.9. The minimum atomic E-state index is 0.713. The van der Waals surface area contributed by atoms with Gasteiger partial charge in [0.2, 0.25) is 5.95 Å². The van der Waals surface area contributed by atoms with E-state index in [0.29, 0.717) is 5.75 Å². The van der Waals surface area contributed by atoms with Crippen LogP contribution >= 0.6 is 0 Å². The van der Waals surface area contributed by atoms with Crippen LogP contribution in [-0.4, -0.2) is 55.4 Å². The van der Waals surface area contributed by atoms with Gasteiger partial charge in [0.05, 0.1) is 14.2 Å². The maximum Gasteiger partial charge on any atom is 0.225 e. The topological polar surface area (TPSA) is 63.6 Å². The Balaban J connectivity index is 1.61. The maximum absolute atomic E-state index is 5.47. The molecule has 1 saturated heterocycles. The van der Waals surface area contributed by atoms with Crippen molar-refractivity contribution in [1.29, 1.82) is 0 Å². The largest absolute Gasteiger partial charge is 0.493 e. The molecule has 2 aromatic heterocycles. The van der Waals surface area contributed by atoms with Gasteiger partial charge in [-0.3, -0.25) is 0 Å². The molecule has 7 nitrogen and oxygen atoms in total. The summed E-state index contributed by atoms with van der Waals surface area (Å²) < 4.78 is 10.9. The summed E-state index contributed by atoms with van der Waals surface area (Å²) in [6.07, 6.45) is 5.40. The van der Waals surface area contributed by atoms with E-state index in [1.54, 1.807) is 26.6 Å². The van der Waals surface area contributed by atoms with Gasteiger partial charge in [0, 0.05) is 50.2 Å². The van der Waals surface area contributed by atoms with Crippen molar-refractivity contribution in [2.75, 3.05) is 50.2 Å². The van der Waals surface area contributed by atoms with Gasteiger partial charge >= 0.3 is 0 Å². The third-order valence-electron chi connectivity index (χ3n) is 4.66. The molecule has 26 heavy (non-hydrogen) atoms. The van der Waals surface area contributed by atoms with Crippen molar-refractivity contribution in [2.24, 2.45) is 0 Å².